The van der Waals surface area contributed by atoms with Crippen LogP contribution in [0.3, 0.4) is 0 Å². The molecule has 0 aliphatic carbocycles. The van der Waals surface area contributed by atoms with Crippen LogP contribution >= 0.6 is 0 Å². The van der Waals surface area contributed by atoms with E-state index in [1.165, 1.54) is 6.07 Å². The number of benzene rings is 2. The molecule has 0 aliphatic heterocycles. The van der Waals surface area contributed by atoms with Crippen molar-refractivity contribution < 1.29 is 4.39 Å². The highest BCUT2D eigenvalue weighted by Gasteiger charge is 2.13. The Hall–Kier alpha value is -2.62. The summed E-state index contributed by atoms with van der Waals surface area (Å²) in [5, 5.41) is 0.909. The molecule has 3 aromatic rings. The maximum atomic E-state index is 14.0. The van der Waals surface area contributed by atoms with Gasteiger partial charge in [-0.15, -0.1) is 0 Å². The number of aryl methyl sites for hydroxylation is 1. The molecule has 106 valence electrons. The summed E-state index contributed by atoms with van der Waals surface area (Å²) in [5.41, 5.74) is 9.68. The lowest BCUT2D eigenvalue weighted by molar-refractivity contribution is 0.627. The van der Waals surface area contributed by atoms with Gasteiger partial charge in [0.1, 0.15) is 5.82 Å². The maximum absolute atomic E-state index is 14.0. The molecule has 1 aromatic heterocycles. The quantitative estimate of drug-likeness (QED) is 0.721. The smallest absolute Gasteiger partial charge is 0.146 e. The number of nitrogen functional groups attached to an aromatic ring is 1. The van der Waals surface area contributed by atoms with E-state index >= 15 is 0 Å². The number of hydrogen-bond donors (Lipinski definition) is 1. The van der Waals surface area contributed by atoms with Crippen LogP contribution in [0.4, 0.5) is 21.5 Å². The largest absolute Gasteiger partial charge is 0.399 e. The molecule has 4 heteroatoms. The Bertz CT molecular complexity index is 814. The second-order valence-corrected chi connectivity index (χ2v) is 5.07. The molecule has 0 saturated carbocycles. The Morgan fingerprint density at radius 3 is 2.57 bits per heavy atom. The average Bonchev–Trinajstić information content (AvgIpc) is 2.47. The third-order valence-corrected chi connectivity index (χ3v) is 3.51. The Morgan fingerprint density at radius 2 is 1.81 bits per heavy atom. The highest BCUT2D eigenvalue weighted by atomic mass is 19.1. The van der Waals surface area contributed by atoms with Gasteiger partial charge in [-0.05, 0) is 43.3 Å². The summed E-state index contributed by atoms with van der Waals surface area (Å²) in [7, 11) is 1.84. The van der Waals surface area contributed by atoms with Crippen LogP contribution in [0.1, 0.15) is 5.69 Å². The summed E-state index contributed by atoms with van der Waals surface area (Å²) in [4.78, 5) is 6.33. The molecule has 0 saturated heterocycles. The fourth-order valence-corrected chi connectivity index (χ4v) is 2.49. The summed E-state index contributed by atoms with van der Waals surface area (Å²) in [6.45, 7) is 1.93. The summed E-state index contributed by atoms with van der Waals surface area (Å²) in [5.74, 6) is -0.258. The second-order valence-electron chi connectivity index (χ2n) is 5.07. The molecule has 0 aliphatic rings. The zero-order valence-corrected chi connectivity index (χ0v) is 12.0. The van der Waals surface area contributed by atoms with Crippen LogP contribution in [0.25, 0.3) is 10.9 Å². The van der Waals surface area contributed by atoms with Crippen molar-refractivity contribution in [3.05, 3.63) is 60.0 Å². The first-order valence-electron chi connectivity index (χ1n) is 6.71. The topological polar surface area (TPSA) is 42.1 Å². The molecular weight excluding hydrogens is 265 g/mol. The standard InChI is InChI=1S/C17H16FN3/c1-11-9-17(13-10-12(19)7-8-15(13)20-11)21(2)16-6-4-3-5-14(16)18/h3-10H,19H2,1-2H3. The molecule has 0 radical (unpaired) electrons. The Balaban J connectivity index is 2.24. The summed E-state index contributed by atoms with van der Waals surface area (Å²) in [6.07, 6.45) is 0. The predicted molar refractivity (Wildman–Crippen MR) is 85.4 cm³/mol. The van der Waals surface area contributed by atoms with Crippen LogP contribution in [-0.4, -0.2) is 12.0 Å². The van der Waals surface area contributed by atoms with Gasteiger partial charge in [0.15, 0.2) is 0 Å². The van der Waals surface area contributed by atoms with E-state index in [1.54, 1.807) is 12.1 Å². The zero-order valence-electron chi connectivity index (χ0n) is 12.0. The third-order valence-electron chi connectivity index (χ3n) is 3.51. The number of halogens is 1. The minimum absolute atomic E-state index is 0.258. The third kappa shape index (κ3) is 2.40. The van der Waals surface area contributed by atoms with Gasteiger partial charge in [0.2, 0.25) is 0 Å². The molecule has 0 amide bonds. The predicted octanol–water partition coefficient (Wildman–Crippen LogP) is 4.03. The van der Waals surface area contributed by atoms with Crippen molar-refractivity contribution in [2.45, 2.75) is 6.92 Å². The van der Waals surface area contributed by atoms with Gasteiger partial charge in [-0.25, -0.2) is 4.39 Å². The number of para-hydroxylation sites is 1. The van der Waals surface area contributed by atoms with Crippen LogP contribution in [0.2, 0.25) is 0 Å². The van der Waals surface area contributed by atoms with E-state index in [0.717, 1.165) is 22.3 Å². The van der Waals surface area contributed by atoms with E-state index in [-0.39, 0.29) is 5.82 Å². The average molecular weight is 281 g/mol. The number of nitrogens with zero attached hydrogens (tertiary/aromatic N) is 2. The minimum atomic E-state index is -0.258. The van der Waals surface area contributed by atoms with E-state index in [2.05, 4.69) is 4.98 Å². The van der Waals surface area contributed by atoms with Gasteiger partial charge >= 0.3 is 0 Å². The van der Waals surface area contributed by atoms with Crippen LogP contribution < -0.4 is 10.6 Å². The zero-order chi connectivity index (χ0) is 15.0. The van der Waals surface area contributed by atoms with Crippen molar-refractivity contribution in [1.82, 2.24) is 4.98 Å². The van der Waals surface area contributed by atoms with Crippen molar-refractivity contribution in [3.63, 3.8) is 0 Å². The van der Waals surface area contributed by atoms with Crippen molar-refractivity contribution in [2.24, 2.45) is 0 Å². The highest BCUT2D eigenvalue weighted by Crippen LogP contribution is 2.33. The normalized spacial score (nSPS) is 10.8. The van der Waals surface area contributed by atoms with Gasteiger partial charge in [-0.1, -0.05) is 12.1 Å². The lowest BCUT2D eigenvalue weighted by Gasteiger charge is -2.22. The van der Waals surface area contributed by atoms with E-state index in [9.17, 15) is 4.39 Å². The fourth-order valence-electron chi connectivity index (χ4n) is 2.49. The number of fused-ring (bicyclic) bond motifs is 1. The first-order valence-corrected chi connectivity index (χ1v) is 6.71. The molecule has 2 N–H and O–H groups in total. The highest BCUT2D eigenvalue weighted by molar-refractivity contribution is 5.95. The monoisotopic (exact) mass is 281 g/mol. The van der Waals surface area contributed by atoms with Crippen LogP contribution in [0.5, 0.6) is 0 Å². The molecule has 3 rings (SSSR count). The molecule has 21 heavy (non-hydrogen) atoms. The number of aromatic nitrogens is 1. The lowest BCUT2D eigenvalue weighted by atomic mass is 10.1. The van der Waals surface area contributed by atoms with Crippen LogP contribution in [0.15, 0.2) is 48.5 Å². The van der Waals surface area contributed by atoms with Crippen molar-refractivity contribution >= 4 is 28.0 Å². The van der Waals surface area contributed by atoms with Crippen molar-refractivity contribution in [3.8, 4) is 0 Å². The van der Waals surface area contributed by atoms with E-state index in [1.807, 2.05) is 49.2 Å². The van der Waals surface area contributed by atoms with Crippen LogP contribution in [0, 0.1) is 12.7 Å². The summed E-state index contributed by atoms with van der Waals surface area (Å²) < 4.78 is 14.0. The number of pyridine rings is 1. The Kier molecular flexibility index (Phi) is 3.22. The van der Waals surface area contributed by atoms with Gasteiger partial charge in [-0.2, -0.15) is 0 Å². The van der Waals surface area contributed by atoms with Gasteiger partial charge < -0.3 is 10.6 Å². The van der Waals surface area contributed by atoms with Crippen molar-refractivity contribution in [1.29, 1.82) is 0 Å². The SMILES string of the molecule is Cc1cc(N(C)c2ccccc2F)c2cc(N)ccc2n1. The fraction of sp³-hybridized carbons (Fsp3) is 0.118. The molecule has 0 fully saturated rings. The number of rotatable bonds is 2. The van der Waals surface area contributed by atoms with E-state index in [0.29, 0.717) is 11.4 Å². The molecule has 1 heterocycles. The Morgan fingerprint density at radius 1 is 1.05 bits per heavy atom. The molecule has 0 unspecified atom stereocenters. The Labute approximate surface area is 122 Å². The minimum Gasteiger partial charge on any atom is -0.399 e. The molecular formula is C17H16FN3. The van der Waals surface area contributed by atoms with Gasteiger partial charge in [0, 0.05) is 23.8 Å². The molecule has 2 aromatic carbocycles. The lowest BCUT2D eigenvalue weighted by Crippen LogP contribution is -2.12. The second kappa shape index (κ2) is 5.05. The molecule has 0 atom stereocenters. The number of anilines is 3. The van der Waals surface area contributed by atoms with E-state index in [4.69, 9.17) is 5.73 Å². The number of hydrogen-bond acceptors (Lipinski definition) is 3. The first kappa shape index (κ1) is 13.4. The number of nitrogens with two attached hydrogens (primary N) is 1. The van der Waals surface area contributed by atoms with Crippen LogP contribution in [-0.2, 0) is 0 Å². The first-order chi connectivity index (χ1) is 10.1. The van der Waals surface area contributed by atoms with Gasteiger partial charge in [0.25, 0.3) is 0 Å². The summed E-state index contributed by atoms with van der Waals surface area (Å²) in [6, 6.07) is 14.2. The summed E-state index contributed by atoms with van der Waals surface area (Å²) >= 11 is 0. The maximum Gasteiger partial charge on any atom is 0.146 e. The molecule has 3 nitrogen and oxygen atoms in total. The molecule has 0 spiro atoms. The van der Waals surface area contributed by atoms with Gasteiger partial charge in [-0.3, -0.25) is 4.98 Å². The van der Waals surface area contributed by atoms with Gasteiger partial charge in [0.05, 0.1) is 16.9 Å². The van der Waals surface area contributed by atoms with Crippen molar-refractivity contribution in [2.75, 3.05) is 17.7 Å². The van der Waals surface area contributed by atoms with E-state index < -0.39 is 0 Å². The molecule has 0 bridgehead atoms.